The highest BCUT2D eigenvalue weighted by atomic mass is 16.2. The molecule has 4 aliphatic rings. The highest BCUT2D eigenvalue weighted by Crippen LogP contribution is 2.56. The molecule has 1 aromatic carbocycles. The van der Waals surface area contributed by atoms with Crippen molar-refractivity contribution in [3.05, 3.63) is 35.4 Å². The van der Waals surface area contributed by atoms with Gasteiger partial charge in [-0.3, -0.25) is 15.1 Å². The van der Waals surface area contributed by atoms with E-state index in [1.807, 2.05) is 4.90 Å². The number of amides is 1. The Morgan fingerprint density at radius 1 is 1.03 bits per heavy atom. The number of aryl methyl sites for hydroxylation is 1. The molecule has 4 nitrogen and oxygen atoms in total. The molecular weight excluding hydrogens is 394 g/mol. The summed E-state index contributed by atoms with van der Waals surface area (Å²) in [5.41, 5.74) is 1.84. The third kappa shape index (κ3) is 3.49. The number of rotatable bonds is 5. The number of guanidine groups is 1. The largest absolute Gasteiger partial charge is 0.322 e. The summed E-state index contributed by atoms with van der Waals surface area (Å²) in [5, 5.41) is 9.28. The van der Waals surface area contributed by atoms with Crippen LogP contribution in [0.5, 0.6) is 0 Å². The van der Waals surface area contributed by atoms with E-state index in [1.165, 1.54) is 63.4 Å². The maximum atomic E-state index is 14.2. The zero-order chi connectivity index (χ0) is 22.3. The number of nitrogens with one attached hydrogen (secondary N) is 1. The standard InChI is InChI=1S/C28H41N3O/c1-21-11-8-9-14-23(21)20-30-25(32)28(18-16-22-12-5-3-6-13-22)19-24-15-7-4-10-17-27(24,2)31(28)26(30)29/h8-9,11,14,22,24,29H,3-7,10,12-13,15-20H2,1-2H3/t24?,27-,28+/m0/s1. The molecule has 0 bridgehead atoms. The molecule has 1 N–H and O–H groups in total. The monoisotopic (exact) mass is 435 g/mol. The molecule has 2 heterocycles. The summed E-state index contributed by atoms with van der Waals surface area (Å²) in [5.74, 6) is 2.01. The Hall–Kier alpha value is -1.84. The quantitative estimate of drug-likeness (QED) is 0.580. The molecule has 1 unspecified atom stereocenters. The summed E-state index contributed by atoms with van der Waals surface area (Å²) in [4.78, 5) is 18.4. The average molecular weight is 436 g/mol. The number of carbonyl (C=O) groups excluding carboxylic acids is 1. The lowest BCUT2D eigenvalue weighted by Gasteiger charge is -2.42. The van der Waals surface area contributed by atoms with Gasteiger partial charge in [0, 0.05) is 5.54 Å². The topological polar surface area (TPSA) is 47.4 Å². The van der Waals surface area contributed by atoms with Gasteiger partial charge in [-0.05, 0) is 68.9 Å². The Morgan fingerprint density at radius 2 is 1.75 bits per heavy atom. The lowest BCUT2D eigenvalue weighted by Crippen LogP contribution is -2.54. The fourth-order valence-electron chi connectivity index (χ4n) is 7.61. The van der Waals surface area contributed by atoms with Gasteiger partial charge in [0.2, 0.25) is 5.96 Å². The lowest BCUT2D eigenvalue weighted by molar-refractivity contribution is -0.134. The Morgan fingerprint density at radius 3 is 2.53 bits per heavy atom. The molecule has 0 spiro atoms. The van der Waals surface area contributed by atoms with E-state index in [0.717, 1.165) is 37.2 Å². The van der Waals surface area contributed by atoms with Crippen LogP contribution < -0.4 is 0 Å². The van der Waals surface area contributed by atoms with Gasteiger partial charge in [-0.1, -0.05) is 75.6 Å². The molecule has 4 heteroatoms. The molecule has 2 aliphatic heterocycles. The second-order valence-electron chi connectivity index (χ2n) is 11.4. The van der Waals surface area contributed by atoms with Crippen molar-refractivity contribution in [3.8, 4) is 0 Å². The predicted molar refractivity (Wildman–Crippen MR) is 129 cm³/mol. The van der Waals surface area contributed by atoms with Crippen LogP contribution in [0.15, 0.2) is 24.3 Å². The molecule has 1 amide bonds. The molecular formula is C28H41N3O. The summed E-state index contributed by atoms with van der Waals surface area (Å²) < 4.78 is 0. The molecule has 4 fully saturated rings. The lowest BCUT2D eigenvalue weighted by atomic mass is 9.78. The van der Waals surface area contributed by atoms with Gasteiger partial charge >= 0.3 is 0 Å². The molecule has 1 aromatic rings. The maximum absolute atomic E-state index is 14.2. The molecule has 0 radical (unpaired) electrons. The highest BCUT2D eigenvalue weighted by molar-refractivity contribution is 6.08. The summed E-state index contributed by atoms with van der Waals surface area (Å²) >= 11 is 0. The first-order valence-corrected chi connectivity index (χ1v) is 13.2. The van der Waals surface area contributed by atoms with E-state index in [4.69, 9.17) is 0 Å². The average Bonchev–Trinajstić information content (AvgIpc) is 3.06. The van der Waals surface area contributed by atoms with Crippen molar-refractivity contribution in [2.75, 3.05) is 0 Å². The second-order valence-corrected chi connectivity index (χ2v) is 11.4. The van der Waals surface area contributed by atoms with E-state index in [2.05, 4.69) is 43.0 Å². The fraction of sp³-hybridized carbons (Fsp3) is 0.714. The van der Waals surface area contributed by atoms with Crippen molar-refractivity contribution >= 4 is 11.9 Å². The van der Waals surface area contributed by atoms with E-state index in [9.17, 15) is 10.2 Å². The normalized spacial score (nSPS) is 33.4. The van der Waals surface area contributed by atoms with Gasteiger partial charge in [0.1, 0.15) is 5.54 Å². The first kappa shape index (κ1) is 22.0. The van der Waals surface area contributed by atoms with Gasteiger partial charge in [-0.25, -0.2) is 0 Å². The molecule has 3 atom stereocenters. The van der Waals surface area contributed by atoms with Crippen molar-refractivity contribution in [1.29, 1.82) is 5.41 Å². The van der Waals surface area contributed by atoms with Gasteiger partial charge in [-0.15, -0.1) is 0 Å². The van der Waals surface area contributed by atoms with E-state index < -0.39 is 5.54 Å². The van der Waals surface area contributed by atoms with Crippen molar-refractivity contribution < 1.29 is 4.79 Å². The van der Waals surface area contributed by atoms with Crippen molar-refractivity contribution in [2.24, 2.45) is 11.8 Å². The van der Waals surface area contributed by atoms with Crippen molar-refractivity contribution in [3.63, 3.8) is 0 Å². The van der Waals surface area contributed by atoms with E-state index in [0.29, 0.717) is 18.4 Å². The minimum absolute atomic E-state index is 0.0453. The number of benzene rings is 1. The number of fused-ring (bicyclic) bond motifs is 3. The predicted octanol–water partition coefficient (Wildman–Crippen LogP) is 6.42. The fourth-order valence-corrected chi connectivity index (χ4v) is 7.61. The van der Waals surface area contributed by atoms with Crippen LogP contribution in [-0.2, 0) is 11.3 Å². The summed E-state index contributed by atoms with van der Waals surface area (Å²) in [6.07, 6.45) is 15.9. The third-order valence-electron chi connectivity index (χ3n) is 9.53. The van der Waals surface area contributed by atoms with Crippen molar-refractivity contribution in [1.82, 2.24) is 9.80 Å². The van der Waals surface area contributed by atoms with Crippen LogP contribution in [0, 0.1) is 24.2 Å². The molecule has 5 rings (SSSR count). The molecule has 0 aromatic heterocycles. The Labute approximate surface area is 194 Å². The zero-order valence-corrected chi connectivity index (χ0v) is 20.2. The van der Waals surface area contributed by atoms with Gasteiger partial charge in [0.05, 0.1) is 6.54 Å². The minimum atomic E-state index is -0.478. The number of hydrogen-bond acceptors (Lipinski definition) is 2. The minimum Gasteiger partial charge on any atom is -0.322 e. The Balaban J connectivity index is 1.47. The van der Waals surface area contributed by atoms with Gasteiger partial charge < -0.3 is 4.90 Å². The summed E-state index contributed by atoms with van der Waals surface area (Å²) in [7, 11) is 0. The molecule has 2 aliphatic carbocycles. The zero-order valence-electron chi connectivity index (χ0n) is 20.2. The molecule has 174 valence electrons. The second kappa shape index (κ2) is 8.50. The van der Waals surface area contributed by atoms with E-state index >= 15 is 0 Å². The number of carbonyl (C=O) groups is 1. The van der Waals surface area contributed by atoms with E-state index in [1.54, 1.807) is 0 Å². The smallest absolute Gasteiger partial charge is 0.255 e. The van der Waals surface area contributed by atoms with Crippen molar-refractivity contribution in [2.45, 2.75) is 115 Å². The van der Waals surface area contributed by atoms with Crippen LogP contribution in [0.4, 0.5) is 0 Å². The molecule has 32 heavy (non-hydrogen) atoms. The van der Waals surface area contributed by atoms with Crippen LogP contribution >= 0.6 is 0 Å². The van der Waals surface area contributed by atoms with Gasteiger partial charge in [0.15, 0.2) is 0 Å². The first-order chi connectivity index (χ1) is 15.5. The number of hydrogen-bond donors (Lipinski definition) is 1. The molecule has 2 saturated heterocycles. The van der Waals surface area contributed by atoms with Gasteiger partial charge in [-0.2, -0.15) is 0 Å². The van der Waals surface area contributed by atoms with Gasteiger partial charge in [0.25, 0.3) is 5.91 Å². The third-order valence-corrected chi connectivity index (χ3v) is 9.53. The van der Waals surface area contributed by atoms with Crippen LogP contribution in [0.3, 0.4) is 0 Å². The maximum Gasteiger partial charge on any atom is 0.255 e. The highest BCUT2D eigenvalue weighted by Gasteiger charge is 2.67. The van der Waals surface area contributed by atoms with Crippen LogP contribution in [0.2, 0.25) is 0 Å². The van der Waals surface area contributed by atoms with Crippen LogP contribution in [0.25, 0.3) is 0 Å². The summed E-state index contributed by atoms with van der Waals surface area (Å²) in [6.45, 7) is 5.03. The van der Waals surface area contributed by atoms with E-state index in [-0.39, 0.29) is 11.4 Å². The SMILES string of the molecule is Cc1ccccc1CN1C(=N)N2[C@](CCC3CCCCC3)(CC3CCCCC[C@@]32C)C1=O. The van der Waals surface area contributed by atoms with Crippen LogP contribution in [-0.4, -0.2) is 32.7 Å². The Kier molecular flexibility index (Phi) is 5.84. The Bertz CT molecular complexity index is 875. The summed E-state index contributed by atoms with van der Waals surface area (Å²) in [6, 6.07) is 8.33. The first-order valence-electron chi connectivity index (χ1n) is 13.2. The molecule has 2 saturated carbocycles. The van der Waals surface area contributed by atoms with Crippen LogP contribution in [0.1, 0.15) is 102 Å². The number of nitrogens with zero attached hydrogens (tertiary/aromatic N) is 2.